The molecular weight excluding hydrogens is 314 g/mol. The molecule has 3 atom stereocenters. The number of anilines is 1. The molecule has 0 aromatic heterocycles. The van der Waals surface area contributed by atoms with Crippen molar-refractivity contribution >= 4 is 29.9 Å². The summed E-state index contributed by atoms with van der Waals surface area (Å²) in [5.41, 5.74) is 7.69. The number of hydrogen-bond acceptors (Lipinski definition) is 3. The van der Waals surface area contributed by atoms with Gasteiger partial charge in [-0.05, 0) is 38.0 Å². The van der Waals surface area contributed by atoms with E-state index in [1.807, 2.05) is 49.9 Å². The van der Waals surface area contributed by atoms with Gasteiger partial charge in [0.05, 0.1) is 6.04 Å². The third kappa shape index (κ3) is 4.69. The van der Waals surface area contributed by atoms with Crippen LogP contribution in [0.3, 0.4) is 0 Å². The number of nitrogens with zero attached hydrogens (tertiary/aromatic N) is 1. The van der Waals surface area contributed by atoms with Gasteiger partial charge in [0.25, 0.3) is 0 Å². The van der Waals surface area contributed by atoms with E-state index in [1.54, 1.807) is 0 Å². The van der Waals surface area contributed by atoms with Crippen molar-refractivity contribution in [1.82, 2.24) is 5.32 Å². The molecule has 1 aromatic rings. The fourth-order valence-corrected chi connectivity index (χ4v) is 2.53. The van der Waals surface area contributed by atoms with Crippen molar-refractivity contribution < 1.29 is 9.59 Å². The van der Waals surface area contributed by atoms with Gasteiger partial charge >= 0.3 is 0 Å². The van der Waals surface area contributed by atoms with E-state index in [0.29, 0.717) is 6.42 Å². The SMILES string of the molecule is CC(NC(=O)C(C)C(C)N)c1ccc(N2CCCC2=O)cc1.Cl. The molecule has 1 fully saturated rings. The first-order valence-electron chi connectivity index (χ1n) is 7.86. The Morgan fingerprint density at radius 2 is 1.83 bits per heavy atom. The molecule has 0 saturated carbocycles. The van der Waals surface area contributed by atoms with E-state index in [1.165, 1.54) is 0 Å². The summed E-state index contributed by atoms with van der Waals surface area (Å²) in [7, 11) is 0. The second-order valence-corrected chi connectivity index (χ2v) is 6.12. The molecule has 2 rings (SSSR count). The van der Waals surface area contributed by atoms with E-state index in [2.05, 4.69) is 5.32 Å². The molecule has 1 aromatic carbocycles. The van der Waals surface area contributed by atoms with Gasteiger partial charge in [-0.3, -0.25) is 9.59 Å². The summed E-state index contributed by atoms with van der Waals surface area (Å²) in [6, 6.07) is 7.55. The molecule has 0 bridgehead atoms. The Morgan fingerprint density at radius 3 is 2.30 bits per heavy atom. The van der Waals surface area contributed by atoms with Gasteiger partial charge in [-0.15, -0.1) is 12.4 Å². The molecule has 128 valence electrons. The molecule has 23 heavy (non-hydrogen) atoms. The molecule has 1 heterocycles. The van der Waals surface area contributed by atoms with Crippen LogP contribution in [-0.2, 0) is 9.59 Å². The summed E-state index contributed by atoms with van der Waals surface area (Å²) >= 11 is 0. The molecule has 0 radical (unpaired) electrons. The van der Waals surface area contributed by atoms with Gasteiger partial charge in [0, 0.05) is 30.6 Å². The zero-order valence-corrected chi connectivity index (χ0v) is 14.7. The Morgan fingerprint density at radius 1 is 1.22 bits per heavy atom. The number of carbonyl (C=O) groups excluding carboxylic acids is 2. The fourth-order valence-electron chi connectivity index (χ4n) is 2.53. The lowest BCUT2D eigenvalue weighted by molar-refractivity contribution is -0.125. The molecular formula is C17H26ClN3O2. The quantitative estimate of drug-likeness (QED) is 0.864. The van der Waals surface area contributed by atoms with Gasteiger partial charge in [0.15, 0.2) is 0 Å². The van der Waals surface area contributed by atoms with Crippen molar-refractivity contribution in [2.45, 2.75) is 45.7 Å². The Balaban J connectivity index is 0.00000264. The summed E-state index contributed by atoms with van der Waals surface area (Å²) in [5, 5.41) is 2.98. The fraction of sp³-hybridized carbons (Fsp3) is 0.529. The van der Waals surface area contributed by atoms with E-state index in [4.69, 9.17) is 5.73 Å². The minimum atomic E-state index is -0.219. The lowest BCUT2D eigenvalue weighted by atomic mass is 10.0. The smallest absolute Gasteiger partial charge is 0.227 e. The monoisotopic (exact) mass is 339 g/mol. The second-order valence-electron chi connectivity index (χ2n) is 6.12. The maximum Gasteiger partial charge on any atom is 0.227 e. The Bertz CT molecular complexity index is 545. The normalized spacial score (nSPS) is 18.1. The molecule has 1 saturated heterocycles. The number of amides is 2. The van der Waals surface area contributed by atoms with Gasteiger partial charge in [-0.2, -0.15) is 0 Å². The highest BCUT2D eigenvalue weighted by atomic mass is 35.5. The van der Waals surface area contributed by atoms with Crippen molar-refractivity contribution in [2.75, 3.05) is 11.4 Å². The highest BCUT2D eigenvalue weighted by molar-refractivity contribution is 5.95. The largest absolute Gasteiger partial charge is 0.349 e. The third-order valence-corrected chi connectivity index (χ3v) is 4.34. The Kier molecular flexibility index (Phi) is 7.03. The highest BCUT2D eigenvalue weighted by Gasteiger charge is 2.22. The summed E-state index contributed by atoms with van der Waals surface area (Å²) in [6.07, 6.45) is 1.55. The van der Waals surface area contributed by atoms with Crippen LogP contribution in [0.2, 0.25) is 0 Å². The van der Waals surface area contributed by atoms with Gasteiger partial charge in [0.1, 0.15) is 0 Å². The summed E-state index contributed by atoms with van der Waals surface area (Å²) in [5.74, 6) is -0.0786. The van der Waals surface area contributed by atoms with Crippen LogP contribution in [0, 0.1) is 5.92 Å². The van der Waals surface area contributed by atoms with Crippen LogP contribution in [0.5, 0.6) is 0 Å². The van der Waals surface area contributed by atoms with Crippen molar-refractivity contribution in [3.8, 4) is 0 Å². The number of hydrogen-bond donors (Lipinski definition) is 2. The van der Waals surface area contributed by atoms with E-state index >= 15 is 0 Å². The number of benzene rings is 1. The van der Waals surface area contributed by atoms with Crippen molar-refractivity contribution in [3.05, 3.63) is 29.8 Å². The van der Waals surface area contributed by atoms with Gasteiger partial charge < -0.3 is 16.0 Å². The van der Waals surface area contributed by atoms with Crippen LogP contribution in [0.1, 0.15) is 45.2 Å². The van der Waals surface area contributed by atoms with Gasteiger partial charge in [-0.1, -0.05) is 19.1 Å². The minimum Gasteiger partial charge on any atom is -0.349 e. The molecule has 0 spiro atoms. The molecule has 0 aliphatic carbocycles. The van der Waals surface area contributed by atoms with Gasteiger partial charge in [0.2, 0.25) is 11.8 Å². The van der Waals surface area contributed by atoms with Crippen LogP contribution in [-0.4, -0.2) is 24.4 Å². The topological polar surface area (TPSA) is 75.4 Å². The summed E-state index contributed by atoms with van der Waals surface area (Å²) in [4.78, 5) is 25.6. The maximum absolute atomic E-state index is 12.0. The zero-order valence-electron chi connectivity index (χ0n) is 13.9. The van der Waals surface area contributed by atoms with Crippen LogP contribution in [0.15, 0.2) is 24.3 Å². The van der Waals surface area contributed by atoms with E-state index < -0.39 is 0 Å². The number of halogens is 1. The van der Waals surface area contributed by atoms with E-state index in [9.17, 15) is 9.59 Å². The first-order chi connectivity index (χ1) is 10.4. The number of rotatable bonds is 5. The van der Waals surface area contributed by atoms with Crippen LogP contribution >= 0.6 is 12.4 Å². The number of nitrogens with two attached hydrogens (primary N) is 1. The Labute approximate surface area is 144 Å². The van der Waals surface area contributed by atoms with Gasteiger partial charge in [-0.25, -0.2) is 0 Å². The van der Waals surface area contributed by atoms with Crippen molar-refractivity contribution in [1.29, 1.82) is 0 Å². The molecule has 5 nitrogen and oxygen atoms in total. The molecule has 1 aliphatic rings. The number of nitrogens with one attached hydrogen (secondary N) is 1. The van der Waals surface area contributed by atoms with E-state index in [0.717, 1.165) is 24.2 Å². The summed E-state index contributed by atoms with van der Waals surface area (Å²) in [6.45, 7) is 6.39. The average Bonchev–Trinajstić information content (AvgIpc) is 2.92. The predicted octanol–water partition coefficient (Wildman–Crippen LogP) is 2.40. The lowest BCUT2D eigenvalue weighted by Crippen LogP contribution is -2.39. The van der Waals surface area contributed by atoms with E-state index in [-0.39, 0.29) is 42.2 Å². The summed E-state index contributed by atoms with van der Waals surface area (Å²) < 4.78 is 0. The number of carbonyl (C=O) groups is 2. The minimum absolute atomic E-state index is 0. The Hall–Kier alpha value is -1.59. The molecule has 2 amide bonds. The third-order valence-electron chi connectivity index (χ3n) is 4.34. The standard InChI is InChI=1S/C17H25N3O2.ClH/c1-11(12(2)18)17(22)19-13(3)14-6-8-15(9-7-14)20-10-4-5-16(20)21;/h6-9,11-13H,4-5,10,18H2,1-3H3,(H,19,22);1H. The first kappa shape index (κ1) is 19.5. The van der Waals surface area contributed by atoms with Crippen molar-refractivity contribution in [2.24, 2.45) is 11.7 Å². The highest BCUT2D eigenvalue weighted by Crippen LogP contribution is 2.23. The second kappa shape index (κ2) is 8.31. The van der Waals surface area contributed by atoms with Crippen LogP contribution in [0.4, 0.5) is 5.69 Å². The molecule has 3 unspecified atom stereocenters. The average molecular weight is 340 g/mol. The van der Waals surface area contributed by atoms with Crippen LogP contribution in [0.25, 0.3) is 0 Å². The zero-order chi connectivity index (χ0) is 16.3. The van der Waals surface area contributed by atoms with Crippen LogP contribution < -0.4 is 16.0 Å². The first-order valence-corrected chi connectivity index (χ1v) is 7.86. The van der Waals surface area contributed by atoms with Crippen molar-refractivity contribution in [3.63, 3.8) is 0 Å². The maximum atomic E-state index is 12.0. The predicted molar refractivity (Wildman–Crippen MR) is 94.6 cm³/mol. The molecule has 6 heteroatoms. The molecule has 1 aliphatic heterocycles. The lowest BCUT2D eigenvalue weighted by Gasteiger charge is -2.21. The molecule has 3 N–H and O–H groups in total.